The Morgan fingerprint density at radius 3 is 2.88 bits per heavy atom. The van der Waals surface area contributed by atoms with Crippen molar-refractivity contribution in [3.05, 3.63) is 82.4 Å². The zero-order valence-corrected chi connectivity index (χ0v) is 17.6. The number of aromatic nitrogens is 3. The normalized spacial score (nSPS) is 13.2. The van der Waals surface area contributed by atoms with Gasteiger partial charge < -0.3 is 15.8 Å². The molecule has 162 valence electrons. The summed E-state index contributed by atoms with van der Waals surface area (Å²) in [6.45, 7) is 3.36. The number of carbonyl (C=O) groups is 1. The largest absolute Gasteiger partial charge is 0.376 e. The van der Waals surface area contributed by atoms with Crippen LogP contribution in [0.1, 0.15) is 32.9 Å². The summed E-state index contributed by atoms with van der Waals surface area (Å²) >= 11 is 0. The fraction of sp³-hybridized carbons (Fsp3) is 0.208. The number of hydrogen-bond acceptors (Lipinski definition) is 5. The third-order valence-corrected chi connectivity index (χ3v) is 5.65. The van der Waals surface area contributed by atoms with Crippen molar-refractivity contribution in [1.29, 1.82) is 0 Å². The van der Waals surface area contributed by atoms with Crippen molar-refractivity contribution in [3.8, 4) is 5.95 Å². The highest BCUT2D eigenvalue weighted by Crippen LogP contribution is 2.29. The Labute approximate surface area is 184 Å². The van der Waals surface area contributed by atoms with Crippen molar-refractivity contribution in [3.63, 3.8) is 0 Å². The Morgan fingerprint density at radius 2 is 2.06 bits per heavy atom. The van der Waals surface area contributed by atoms with Crippen LogP contribution in [0.3, 0.4) is 0 Å². The zero-order valence-electron chi connectivity index (χ0n) is 17.6. The molecule has 0 aliphatic carbocycles. The average molecular weight is 431 g/mol. The van der Waals surface area contributed by atoms with Crippen LogP contribution in [-0.2, 0) is 24.3 Å². The molecule has 0 radical (unpaired) electrons. The monoisotopic (exact) mass is 431 g/mol. The van der Waals surface area contributed by atoms with Crippen LogP contribution < -0.4 is 11.1 Å². The number of carbonyl (C=O) groups excluding carboxylic acids is 1. The number of nitrogens with zero attached hydrogens (tertiary/aromatic N) is 3. The molecule has 3 heterocycles. The molecule has 0 unspecified atom stereocenters. The summed E-state index contributed by atoms with van der Waals surface area (Å²) in [6.07, 6.45) is 0.671. The van der Waals surface area contributed by atoms with Gasteiger partial charge in [0.1, 0.15) is 11.6 Å². The average Bonchev–Trinajstić information content (AvgIpc) is 3.13. The van der Waals surface area contributed by atoms with Gasteiger partial charge in [-0.05, 0) is 42.8 Å². The number of anilines is 1. The first-order valence-corrected chi connectivity index (χ1v) is 10.4. The summed E-state index contributed by atoms with van der Waals surface area (Å²) in [7, 11) is 0. The van der Waals surface area contributed by atoms with E-state index in [0.717, 1.165) is 33.4 Å². The molecular formula is C24H22FN5O2. The fourth-order valence-electron chi connectivity index (χ4n) is 4.14. The van der Waals surface area contributed by atoms with E-state index in [2.05, 4.69) is 5.32 Å². The summed E-state index contributed by atoms with van der Waals surface area (Å²) in [4.78, 5) is 21.5. The smallest absolute Gasteiger partial charge is 0.249 e. The Morgan fingerprint density at radius 1 is 1.22 bits per heavy atom. The zero-order chi connectivity index (χ0) is 22.2. The Balaban J connectivity index is 1.61. The molecule has 0 saturated carbocycles. The lowest BCUT2D eigenvalue weighted by molar-refractivity contribution is 0.100. The second-order valence-electron chi connectivity index (χ2n) is 7.81. The maximum atomic E-state index is 13.6. The van der Waals surface area contributed by atoms with Gasteiger partial charge in [0.05, 0.1) is 24.4 Å². The first-order valence-electron chi connectivity index (χ1n) is 10.4. The second-order valence-corrected chi connectivity index (χ2v) is 7.81. The van der Waals surface area contributed by atoms with E-state index in [4.69, 9.17) is 20.4 Å². The van der Waals surface area contributed by atoms with Gasteiger partial charge in [-0.2, -0.15) is 4.98 Å². The molecule has 7 nitrogen and oxygen atoms in total. The molecule has 0 saturated heterocycles. The van der Waals surface area contributed by atoms with E-state index in [9.17, 15) is 9.18 Å². The molecule has 0 spiro atoms. The number of nitrogens with two attached hydrogens (primary N) is 1. The lowest BCUT2D eigenvalue weighted by Gasteiger charge is -2.21. The van der Waals surface area contributed by atoms with Crippen LogP contribution in [0.5, 0.6) is 0 Å². The molecule has 2 aromatic heterocycles. The van der Waals surface area contributed by atoms with E-state index in [-0.39, 0.29) is 5.82 Å². The summed E-state index contributed by atoms with van der Waals surface area (Å²) in [6, 6.07) is 13.8. The van der Waals surface area contributed by atoms with Crippen LogP contribution in [0, 0.1) is 12.7 Å². The molecule has 8 heteroatoms. The van der Waals surface area contributed by atoms with Crippen molar-refractivity contribution in [2.24, 2.45) is 5.73 Å². The molecular weight excluding hydrogens is 409 g/mol. The quantitative estimate of drug-likeness (QED) is 0.503. The molecule has 0 bridgehead atoms. The number of halogens is 1. The van der Waals surface area contributed by atoms with E-state index in [1.807, 2.05) is 29.7 Å². The summed E-state index contributed by atoms with van der Waals surface area (Å²) in [5, 5.41) is 4.09. The Hall–Kier alpha value is -3.78. The van der Waals surface area contributed by atoms with Crippen LogP contribution in [0.15, 0.2) is 48.5 Å². The maximum absolute atomic E-state index is 13.6. The van der Waals surface area contributed by atoms with Crippen LogP contribution in [0.25, 0.3) is 16.9 Å². The minimum Gasteiger partial charge on any atom is -0.376 e. The number of ether oxygens (including phenoxy) is 1. The molecule has 2 aromatic carbocycles. The van der Waals surface area contributed by atoms with Crippen molar-refractivity contribution in [2.45, 2.75) is 26.5 Å². The summed E-state index contributed by atoms with van der Waals surface area (Å²) in [5.41, 5.74) is 10.3. The van der Waals surface area contributed by atoms with Crippen molar-refractivity contribution < 1.29 is 13.9 Å². The first-order chi connectivity index (χ1) is 15.5. The van der Waals surface area contributed by atoms with Gasteiger partial charge in [-0.25, -0.2) is 9.37 Å². The van der Waals surface area contributed by atoms with E-state index in [1.54, 1.807) is 18.2 Å². The maximum Gasteiger partial charge on any atom is 0.249 e. The number of hydrogen-bond donors (Lipinski definition) is 2. The number of amides is 1. The highest BCUT2D eigenvalue weighted by Gasteiger charge is 2.21. The highest BCUT2D eigenvalue weighted by molar-refractivity contribution is 6.06. The molecule has 32 heavy (non-hydrogen) atoms. The Kier molecular flexibility index (Phi) is 5.07. The fourth-order valence-corrected chi connectivity index (χ4v) is 4.14. The van der Waals surface area contributed by atoms with Gasteiger partial charge >= 0.3 is 0 Å². The van der Waals surface area contributed by atoms with Crippen molar-refractivity contribution >= 4 is 22.6 Å². The van der Waals surface area contributed by atoms with E-state index >= 15 is 0 Å². The summed E-state index contributed by atoms with van der Waals surface area (Å²) < 4.78 is 21.1. The van der Waals surface area contributed by atoms with Crippen molar-refractivity contribution in [1.82, 2.24) is 14.5 Å². The van der Waals surface area contributed by atoms with Crippen LogP contribution in [-0.4, -0.2) is 27.0 Å². The number of benzene rings is 2. The van der Waals surface area contributed by atoms with E-state index < -0.39 is 5.91 Å². The molecule has 1 amide bonds. The van der Waals surface area contributed by atoms with E-state index in [1.165, 1.54) is 12.1 Å². The lowest BCUT2D eigenvalue weighted by atomic mass is 10.1. The highest BCUT2D eigenvalue weighted by atomic mass is 19.1. The predicted octanol–water partition coefficient (Wildman–Crippen LogP) is 3.65. The molecule has 1 aliphatic rings. The van der Waals surface area contributed by atoms with Gasteiger partial charge in [0.15, 0.2) is 0 Å². The van der Waals surface area contributed by atoms with Gasteiger partial charge in [-0.15, -0.1) is 0 Å². The van der Waals surface area contributed by atoms with Crippen LogP contribution in [0.4, 0.5) is 10.2 Å². The molecule has 4 aromatic rings. The molecule has 0 atom stereocenters. The summed E-state index contributed by atoms with van der Waals surface area (Å²) in [5.74, 6) is 0.397. The third-order valence-electron chi connectivity index (χ3n) is 5.65. The van der Waals surface area contributed by atoms with Gasteiger partial charge in [-0.1, -0.05) is 18.2 Å². The minimum absolute atomic E-state index is 0.280. The number of fused-ring (bicyclic) bond motifs is 2. The third kappa shape index (κ3) is 3.58. The first kappa shape index (κ1) is 20.1. The van der Waals surface area contributed by atoms with Crippen LogP contribution in [0.2, 0.25) is 0 Å². The molecule has 3 N–H and O–H groups in total. The Bertz CT molecular complexity index is 1350. The lowest BCUT2D eigenvalue weighted by Crippen LogP contribution is -2.19. The minimum atomic E-state index is -0.478. The SMILES string of the molecule is Cc1cc2c(C(N)=O)cccc2n1-c1nc2c(c(NCc3cccc(F)c3)n1)COCC2. The van der Waals surface area contributed by atoms with Crippen molar-refractivity contribution in [2.75, 3.05) is 11.9 Å². The van der Waals surface area contributed by atoms with Gasteiger partial charge in [0.2, 0.25) is 11.9 Å². The molecule has 1 aliphatic heterocycles. The second kappa shape index (κ2) is 8.05. The molecule has 0 fully saturated rings. The van der Waals surface area contributed by atoms with E-state index in [0.29, 0.717) is 43.5 Å². The number of aryl methyl sites for hydroxylation is 1. The van der Waals surface area contributed by atoms with Gasteiger partial charge in [-0.3, -0.25) is 9.36 Å². The molecule has 5 rings (SSSR count). The van der Waals surface area contributed by atoms with Gasteiger partial charge in [0, 0.05) is 35.2 Å². The topological polar surface area (TPSA) is 95.1 Å². The predicted molar refractivity (Wildman–Crippen MR) is 119 cm³/mol. The van der Waals surface area contributed by atoms with Gasteiger partial charge in [0.25, 0.3) is 0 Å². The number of rotatable bonds is 5. The van der Waals surface area contributed by atoms with Crippen LogP contribution >= 0.6 is 0 Å². The standard InChI is InChI=1S/C24H22FN5O2/c1-14-10-18-17(22(26)31)6-3-7-21(18)30(14)24-28-20-8-9-32-13-19(20)23(29-24)27-12-15-4-2-5-16(25)11-15/h2-7,10-11H,8-9,12-13H2,1H3,(H2,26,31)(H,27,28,29). The number of nitrogens with one attached hydrogen (secondary N) is 1. The number of primary amides is 1.